The summed E-state index contributed by atoms with van der Waals surface area (Å²) in [7, 11) is 0. The number of nitrogens with zero attached hydrogens (tertiary/aromatic N) is 2. The average Bonchev–Trinajstić information content (AvgIpc) is 2.91. The zero-order valence-corrected chi connectivity index (χ0v) is 21.0. The molecule has 0 spiro atoms. The summed E-state index contributed by atoms with van der Waals surface area (Å²) in [5, 5.41) is 6.77. The van der Waals surface area contributed by atoms with E-state index in [0.29, 0.717) is 40.5 Å². The van der Waals surface area contributed by atoms with E-state index in [4.69, 9.17) is 11.6 Å². The van der Waals surface area contributed by atoms with Gasteiger partial charge in [-0.05, 0) is 59.5 Å². The maximum Gasteiger partial charge on any atom is 0.319 e. The molecule has 5 aromatic rings. The van der Waals surface area contributed by atoms with Crippen molar-refractivity contribution in [2.24, 2.45) is 0 Å². The van der Waals surface area contributed by atoms with E-state index in [0.717, 1.165) is 22.3 Å². The van der Waals surface area contributed by atoms with Gasteiger partial charge in [-0.1, -0.05) is 78.3 Å². The van der Waals surface area contributed by atoms with Crippen molar-refractivity contribution in [2.75, 3.05) is 5.32 Å². The Morgan fingerprint density at radius 1 is 0.865 bits per heavy atom. The molecule has 2 N–H and O–H groups in total. The third-order valence-corrected chi connectivity index (χ3v) is 6.39. The van der Waals surface area contributed by atoms with Crippen LogP contribution >= 0.6 is 11.6 Å². The van der Waals surface area contributed by atoms with E-state index in [9.17, 15) is 9.59 Å². The molecule has 0 aliphatic heterocycles. The molecule has 0 fully saturated rings. The van der Waals surface area contributed by atoms with E-state index in [2.05, 4.69) is 15.6 Å². The summed E-state index contributed by atoms with van der Waals surface area (Å²) < 4.78 is 1.65. The van der Waals surface area contributed by atoms with Crippen molar-refractivity contribution in [3.8, 4) is 11.1 Å². The van der Waals surface area contributed by atoms with Crippen molar-refractivity contribution in [3.05, 3.63) is 129 Å². The average molecular weight is 509 g/mol. The van der Waals surface area contributed by atoms with Gasteiger partial charge in [0.2, 0.25) is 0 Å². The molecule has 7 heteroatoms. The third kappa shape index (κ3) is 5.71. The highest BCUT2D eigenvalue weighted by atomic mass is 35.5. The van der Waals surface area contributed by atoms with Crippen LogP contribution in [-0.4, -0.2) is 15.6 Å². The number of fused-ring (bicyclic) bond motifs is 1. The number of halogens is 1. The first kappa shape index (κ1) is 24.3. The van der Waals surface area contributed by atoms with E-state index in [1.54, 1.807) is 22.8 Å². The Hall–Kier alpha value is -4.42. The number of benzene rings is 4. The molecule has 0 aliphatic rings. The Labute approximate surface area is 219 Å². The lowest BCUT2D eigenvalue weighted by atomic mass is 10.0. The monoisotopic (exact) mass is 508 g/mol. The number of nitrogens with one attached hydrogen (secondary N) is 2. The number of carbonyl (C=O) groups is 1. The van der Waals surface area contributed by atoms with Gasteiger partial charge in [-0.15, -0.1) is 0 Å². The van der Waals surface area contributed by atoms with Crippen LogP contribution in [0.15, 0.2) is 102 Å². The molecule has 1 heterocycles. The Kier molecular flexibility index (Phi) is 7.01. The van der Waals surface area contributed by atoms with Gasteiger partial charge in [0.1, 0.15) is 5.82 Å². The maximum absolute atomic E-state index is 13.4. The van der Waals surface area contributed by atoms with Crippen molar-refractivity contribution in [1.82, 2.24) is 14.9 Å². The summed E-state index contributed by atoms with van der Waals surface area (Å²) in [5.41, 5.74) is 5.02. The van der Waals surface area contributed by atoms with Crippen molar-refractivity contribution in [1.29, 1.82) is 0 Å². The molecule has 0 unspecified atom stereocenters. The molecule has 0 aliphatic carbocycles. The molecular weight excluding hydrogens is 484 g/mol. The van der Waals surface area contributed by atoms with Crippen LogP contribution in [0.3, 0.4) is 0 Å². The standard InChI is InChI=1S/C30H25ClN4O2/c1-20-33-28-15-14-26(34-30(37)32-18-21-6-3-2-4-7-21)17-27(28)29(36)35(20)19-22-10-12-23(13-11-22)24-8-5-9-25(31)16-24/h2-17H,18-19H2,1H3,(H2,32,34,37). The number of aryl methyl sites for hydroxylation is 1. The van der Waals surface area contributed by atoms with Crippen LogP contribution in [0.25, 0.3) is 22.0 Å². The topological polar surface area (TPSA) is 76.0 Å². The van der Waals surface area contributed by atoms with Crippen LogP contribution in [0.1, 0.15) is 17.0 Å². The zero-order chi connectivity index (χ0) is 25.8. The van der Waals surface area contributed by atoms with Gasteiger partial charge in [0.25, 0.3) is 5.56 Å². The molecule has 5 rings (SSSR count). The minimum atomic E-state index is -0.344. The Bertz CT molecular complexity index is 1630. The lowest BCUT2D eigenvalue weighted by Gasteiger charge is -2.13. The fourth-order valence-electron chi connectivity index (χ4n) is 4.20. The predicted molar refractivity (Wildman–Crippen MR) is 149 cm³/mol. The second kappa shape index (κ2) is 10.7. The van der Waals surface area contributed by atoms with Gasteiger partial charge in [0.15, 0.2) is 0 Å². The molecule has 0 radical (unpaired) electrons. The summed E-state index contributed by atoms with van der Waals surface area (Å²) >= 11 is 6.12. The van der Waals surface area contributed by atoms with Crippen LogP contribution in [-0.2, 0) is 13.1 Å². The normalized spacial score (nSPS) is 10.9. The second-order valence-electron chi connectivity index (χ2n) is 8.78. The molecule has 0 saturated carbocycles. The van der Waals surface area contributed by atoms with Gasteiger partial charge in [-0.3, -0.25) is 9.36 Å². The highest BCUT2D eigenvalue weighted by Gasteiger charge is 2.11. The smallest absolute Gasteiger partial charge is 0.319 e. The summed E-state index contributed by atoms with van der Waals surface area (Å²) in [4.78, 5) is 30.4. The molecule has 37 heavy (non-hydrogen) atoms. The maximum atomic E-state index is 13.4. The van der Waals surface area contributed by atoms with E-state index in [1.165, 1.54) is 0 Å². The highest BCUT2D eigenvalue weighted by Crippen LogP contribution is 2.23. The number of urea groups is 1. The minimum Gasteiger partial charge on any atom is -0.334 e. The third-order valence-electron chi connectivity index (χ3n) is 6.15. The Morgan fingerprint density at radius 2 is 1.65 bits per heavy atom. The van der Waals surface area contributed by atoms with E-state index >= 15 is 0 Å². The Morgan fingerprint density at radius 3 is 2.41 bits per heavy atom. The lowest BCUT2D eigenvalue weighted by Crippen LogP contribution is -2.28. The molecule has 184 valence electrons. The van der Waals surface area contributed by atoms with Gasteiger partial charge >= 0.3 is 6.03 Å². The van der Waals surface area contributed by atoms with Crippen molar-refractivity contribution < 1.29 is 4.79 Å². The SMILES string of the molecule is Cc1nc2ccc(NC(=O)NCc3ccccc3)cc2c(=O)n1Cc1ccc(-c2cccc(Cl)c2)cc1. The van der Waals surface area contributed by atoms with E-state index in [-0.39, 0.29) is 11.6 Å². The van der Waals surface area contributed by atoms with Crippen molar-refractivity contribution >= 4 is 34.2 Å². The first-order valence-electron chi connectivity index (χ1n) is 11.9. The molecule has 4 aromatic carbocycles. The molecular formula is C30H25ClN4O2. The quantitative estimate of drug-likeness (QED) is 0.279. The number of hydrogen-bond donors (Lipinski definition) is 2. The largest absolute Gasteiger partial charge is 0.334 e. The van der Waals surface area contributed by atoms with Crippen LogP contribution in [0.4, 0.5) is 10.5 Å². The number of aromatic nitrogens is 2. The first-order valence-corrected chi connectivity index (χ1v) is 12.3. The van der Waals surface area contributed by atoms with Crippen LogP contribution in [0.5, 0.6) is 0 Å². The highest BCUT2D eigenvalue weighted by molar-refractivity contribution is 6.30. The zero-order valence-electron chi connectivity index (χ0n) is 20.2. The van der Waals surface area contributed by atoms with Gasteiger partial charge in [-0.2, -0.15) is 0 Å². The number of carbonyl (C=O) groups excluding carboxylic acids is 1. The number of anilines is 1. The van der Waals surface area contributed by atoms with Crippen LogP contribution < -0.4 is 16.2 Å². The molecule has 0 saturated heterocycles. The fraction of sp³-hybridized carbons (Fsp3) is 0.100. The fourth-order valence-corrected chi connectivity index (χ4v) is 4.39. The van der Waals surface area contributed by atoms with Gasteiger partial charge in [0, 0.05) is 17.3 Å². The van der Waals surface area contributed by atoms with Gasteiger partial charge in [-0.25, -0.2) is 9.78 Å². The summed E-state index contributed by atoms with van der Waals surface area (Å²) in [5.74, 6) is 0.623. The van der Waals surface area contributed by atoms with Crippen molar-refractivity contribution in [3.63, 3.8) is 0 Å². The predicted octanol–water partition coefficient (Wildman–Crippen LogP) is 6.40. The van der Waals surface area contributed by atoms with Gasteiger partial charge < -0.3 is 10.6 Å². The minimum absolute atomic E-state index is 0.158. The summed E-state index contributed by atoms with van der Waals surface area (Å²) in [6.07, 6.45) is 0. The molecule has 2 amide bonds. The molecule has 1 aromatic heterocycles. The molecule has 6 nitrogen and oxygen atoms in total. The number of amides is 2. The lowest BCUT2D eigenvalue weighted by molar-refractivity contribution is 0.251. The molecule has 0 atom stereocenters. The van der Waals surface area contributed by atoms with Crippen molar-refractivity contribution in [2.45, 2.75) is 20.0 Å². The first-order chi connectivity index (χ1) is 18.0. The van der Waals surface area contributed by atoms with Gasteiger partial charge in [0.05, 0.1) is 17.4 Å². The Balaban J connectivity index is 1.34. The van der Waals surface area contributed by atoms with Crippen LogP contribution in [0, 0.1) is 6.92 Å². The summed E-state index contributed by atoms with van der Waals surface area (Å²) in [6.45, 7) is 2.62. The van der Waals surface area contributed by atoms with E-state index in [1.807, 2.05) is 85.8 Å². The number of hydrogen-bond acceptors (Lipinski definition) is 3. The van der Waals surface area contributed by atoms with E-state index < -0.39 is 0 Å². The molecule has 0 bridgehead atoms. The summed E-state index contributed by atoms with van der Waals surface area (Å²) in [6, 6.07) is 30.2. The van der Waals surface area contributed by atoms with Crippen LogP contribution in [0.2, 0.25) is 5.02 Å². The second-order valence-corrected chi connectivity index (χ2v) is 9.22. The number of rotatable bonds is 6.